The second-order valence-electron chi connectivity index (χ2n) is 4.29. The molecule has 0 atom stereocenters. The average molecular weight is 343 g/mol. The summed E-state index contributed by atoms with van der Waals surface area (Å²) in [6.07, 6.45) is 1.93. The molecule has 0 aliphatic carbocycles. The molecule has 2 rings (SSSR count). The number of hydrogen-bond donors (Lipinski definition) is 2. The Labute approximate surface area is 133 Å². The summed E-state index contributed by atoms with van der Waals surface area (Å²) in [5, 5.41) is 0.459. The number of thioether (sulfide) groups is 1. The van der Waals surface area contributed by atoms with Crippen LogP contribution >= 0.6 is 23.4 Å². The van der Waals surface area contributed by atoms with Gasteiger partial charge < -0.3 is 5.73 Å². The third-order valence-corrected chi connectivity index (χ3v) is 5.34. The highest BCUT2D eigenvalue weighted by atomic mass is 35.5. The van der Waals surface area contributed by atoms with Gasteiger partial charge in [-0.15, -0.1) is 11.8 Å². The topological polar surface area (TPSA) is 72.2 Å². The molecular formula is C14H15ClN2O2S2. The molecule has 0 saturated carbocycles. The minimum Gasteiger partial charge on any atom is -0.326 e. The van der Waals surface area contributed by atoms with Gasteiger partial charge in [0.15, 0.2) is 0 Å². The van der Waals surface area contributed by atoms with Crippen LogP contribution < -0.4 is 10.5 Å². The van der Waals surface area contributed by atoms with Gasteiger partial charge >= 0.3 is 0 Å². The van der Waals surface area contributed by atoms with E-state index >= 15 is 0 Å². The molecule has 0 aromatic heterocycles. The van der Waals surface area contributed by atoms with Crippen LogP contribution in [0.3, 0.4) is 0 Å². The lowest BCUT2D eigenvalue weighted by Gasteiger charge is -2.10. The lowest BCUT2D eigenvalue weighted by atomic mass is 10.2. The largest absolute Gasteiger partial charge is 0.326 e. The first kappa shape index (κ1) is 16.2. The van der Waals surface area contributed by atoms with Crippen molar-refractivity contribution in [2.45, 2.75) is 16.3 Å². The second kappa shape index (κ2) is 6.70. The van der Waals surface area contributed by atoms with Gasteiger partial charge in [-0.2, -0.15) is 0 Å². The molecule has 0 amide bonds. The molecule has 0 spiro atoms. The molecule has 0 aliphatic heterocycles. The maximum Gasteiger partial charge on any atom is 0.261 e. The molecule has 4 nitrogen and oxygen atoms in total. The number of rotatable bonds is 5. The van der Waals surface area contributed by atoms with Gasteiger partial charge in [0.2, 0.25) is 0 Å². The first-order valence-corrected chi connectivity index (χ1v) is 9.20. The second-order valence-corrected chi connectivity index (χ2v) is 7.26. The van der Waals surface area contributed by atoms with E-state index in [1.165, 1.54) is 18.2 Å². The zero-order chi connectivity index (χ0) is 15.5. The molecule has 0 heterocycles. The van der Waals surface area contributed by atoms with E-state index in [1.54, 1.807) is 30.0 Å². The predicted octanol–water partition coefficient (Wildman–Crippen LogP) is 3.32. The summed E-state index contributed by atoms with van der Waals surface area (Å²) in [7, 11) is -3.66. The first-order chi connectivity index (χ1) is 9.96. The highest BCUT2D eigenvalue weighted by Crippen LogP contribution is 2.24. The van der Waals surface area contributed by atoms with Gasteiger partial charge in [-0.05, 0) is 48.2 Å². The zero-order valence-electron chi connectivity index (χ0n) is 11.3. The van der Waals surface area contributed by atoms with Gasteiger partial charge in [-0.25, -0.2) is 8.42 Å². The van der Waals surface area contributed by atoms with E-state index in [1.807, 2.05) is 12.3 Å². The molecule has 21 heavy (non-hydrogen) atoms. The van der Waals surface area contributed by atoms with Crippen molar-refractivity contribution in [3.05, 3.63) is 53.1 Å². The molecule has 2 aromatic carbocycles. The lowest BCUT2D eigenvalue weighted by molar-refractivity contribution is 0.601. The van der Waals surface area contributed by atoms with Crippen molar-refractivity contribution in [2.24, 2.45) is 5.73 Å². The summed E-state index contributed by atoms with van der Waals surface area (Å²) in [5.74, 6) is 0. The molecule has 2 aromatic rings. The summed E-state index contributed by atoms with van der Waals surface area (Å²) in [6.45, 7) is 0.185. The van der Waals surface area contributed by atoms with Crippen LogP contribution in [-0.2, 0) is 16.6 Å². The molecule has 7 heteroatoms. The van der Waals surface area contributed by atoms with Crippen molar-refractivity contribution in [1.29, 1.82) is 0 Å². The summed E-state index contributed by atoms with van der Waals surface area (Å²) in [6, 6.07) is 11.7. The van der Waals surface area contributed by atoms with E-state index < -0.39 is 10.0 Å². The number of nitrogens with one attached hydrogen (secondary N) is 1. The third-order valence-electron chi connectivity index (χ3n) is 2.87. The molecule has 112 valence electrons. The quantitative estimate of drug-likeness (QED) is 0.817. The van der Waals surface area contributed by atoms with Crippen LogP contribution in [0.1, 0.15) is 5.56 Å². The van der Waals surface area contributed by atoms with Gasteiger partial charge in [0, 0.05) is 22.2 Å². The molecule has 0 radical (unpaired) electrons. The smallest absolute Gasteiger partial charge is 0.261 e. The van der Waals surface area contributed by atoms with Crippen molar-refractivity contribution in [3.63, 3.8) is 0 Å². The number of halogens is 1. The zero-order valence-corrected chi connectivity index (χ0v) is 13.7. The molecule has 0 bridgehead atoms. The lowest BCUT2D eigenvalue weighted by Crippen LogP contribution is -2.13. The van der Waals surface area contributed by atoms with Crippen LogP contribution in [0.5, 0.6) is 0 Å². The average Bonchev–Trinajstić information content (AvgIpc) is 2.47. The van der Waals surface area contributed by atoms with Gasteiger partial charge in [-0.3, -0.25) is 4.72 Å². The van der Waals surface area contributed by atoms with E-state index in [0.717, 1.165) is 4.90 Å². The van der Waals surface area contributed by atoms with E-state index in [-0.39, 0.29) is 11.4 Å². The van der Waals surface area contributed by atoms with Crippen LogP contribution in [0, 0.1) is 0 Å². The molecule has 0 fully saturated rings. The summed E-state index contributed by atoms with van der Waals surface area (Å²) in [5.41, 5.74) is 6.67. The minimum atomic E-state index is -3.66. The molecule has 3 N–H and O–H groups in total. The molecular weight excluding hydrogens is 328 g/mol. The molecule has 0 unspecified atom stereocenters. The standard InChI is InChI=1S/C14H15ClN2O2S2/c1-20-12-4-2-3-11(8-12)17-21(18,19)13-5-6-14(15)10(7-13)9-16/h2-8,17H,9,16H2,1H3. The normalized spacial score (nSPS) is 11.4. The Morgan fingerprint density at radius 1 is 1.24 bits per heavy atom. The number of nitrogens with two attached hydrogens (primary N) is 1. The van der Waals surface area contributed by atoms with Gasteiger partial charge in [0.25, 0.3) is 10.0 Å². The van der Waals surface area contributed by atoms with Crippen LogP contribution in [0.2, 0.25) is 5.02 Å². The Balaban J connectivity index is 2.33. The summed E-state index contributed by atoms with van der Waals surface area (Å²) in [4.78, 5) is 1.12. The van der Waals surface area contributed by atoms with Gasteiger partial charge in [0.05, 0.1) is 4.90 Å². The van der Waals surface area contributed by atoms with Crippen molar-refractivity contribution in [3.8, 4) is 0 Å². The van der Waals surface area contributed by atoms with E-state index in [4.69, 9.17) is 17.3 Å². The van der Waals surface area contributed by atoms with Crippen LogP contribution in [0.4, 0.5) is 5.69 Å². The number of benzene rings is 2. The third kappa shape index (κ3) is 3.91. The van der Waals surface area contributed by atoms with Crippen molar-refractivity contribution < 1.29 is 8.42 Å². The molecule has 0 aliphatic rings. The number of anilines is 1. The van der Waals surface area contributed by atoms with Crippen LogP contribution in [0.25, 0.3) is 0 Å². The Hall–Kier alpha value is -1.21. The summed E-state index contributed by atoms with van der Waals surface area (Å²) >= 11 is 7.49. The number of sulfonamides is 1. The van der Waals surface area contributed by atoms with Gasteiger partial charge in [-0.1, -0.05) is 17.7 Å². The van der Waals surface area contributed by atoms with Crippen molar-refractivity contribution in [1.82, 2.24) is 0 Å². The van der Waals surface area contributed by atoms with E-state index in [2.05, 4.69) is 4.72 Å². The minimum absolute atomic E-state index is 0.141. The Kier molecular flexibility index (Phi) is 5.16. The SMILES string of the molecule is CSc1cccc(NS(=O)(=O)c2ccc(Cl)c(CN)c2)c1. The monoisotopic (exact) mass is 342 g/mol. The van der Waals surface area contributed by atoms with Crippen molar-refractivity contribution in [2.75, 3.05) is 11.0 Å². The highest BCUT2D eigenvalue weighted by molar-refractivity contribution is 7.98. The highest BCUT2D eigenvalue weighted by Gasteiger charge is 2.15. The fraction of sp³-hybridized carbons (Fsp3) is 0.143. The van der Waals surface area contributed by atoms with Crippen molar-refractivity contribution >= 4 is 39.1 Å². The molecule has 0 saturated heterocycles. The number of hydrogen-bond acceptors (Lipinski definition) is 4. The maximum atomic E-state index is 12.4. The Morgan fingerprint density at radius 2 is 2.00 bits per heavy atom. The first-order valence-electron chi connectivity index (χ1n) is 6.11. The Bertz CT molecular complexity index is 748. The van der Waals surface area contributed by atoms with E-state index in [9.17, 15) is 8.42 Å². The fourth-order valence-electron chi connectivity index (χ4n) is 1.78. The predicted molar refractivity (Wildman–Crippen MR) is 88.4 cm³/mol. The van der Waals surface area contributed by atoms with E-state index in [0.29, 0.717) is 16.3 Å². The summed E-state index contributed by atoms with van der Waals surface area (Å²) < 4.78 is 27.3. The Morgan fingerprint density at radius 3 is 2.67 bits per heavy atom. The van der Waals surface area contributed by atoms with Crippen LogP contribution in [0.15, 0.2) is 52.3 Å². The maximum absolute atomic E-state index is 12.4. The van der Waals surface area contributed by atoms with Gasteiger partial charge in [0.1, 0.15) is 0 Å². The fourth-order valence-corrected chi connectivity index (χ4v) is 3.53. The van der Waals surface area contributed by atoms with Crippen LogP contribution in [-0.4, -0.2) is 14.7 Å².